The van der Waals surface area contributed by atoms with Crippen LogP contribution in [0.3, 0.4) is 0 Å². The van der Waals surface area contributed by atoms with Crippen LogP contribution < -0.4 is 10.2 Å². The lowest BCUT2D eigenvalue weighted by Crippen LogP contribution is -2.53. The summed E-state index contributed by atoms with van der Waals surface area (Å²) < 4.78 is 0. The third kappa shape index (κ3) is 3.45. The first-order valence-corrected chi connectivity index (χ1v) is 4.76. The maximum atomic E-state index is 9.19. The van der Waals surface area contributed by atoms with E-state index < -0.39 is 0 Å². The minimum atomic E-state index is 0. The van der Waals surface area contributed by atoms with Gasteiger partial charge in [0.05, 0.1) is 18.8 Å². The molecule has 1 atom stereocenters. The summed E-state index contributed by atoms with van der Waals surface area (Å²) in [6.45, 7) is 2.73. The van der Waals surface area contributed by atoms with Gasteiger partial charge in [-0.1, -0.05) is 0 Å². The quantitative estimate of drug-likeness (QED) is 0.795. The van der Waals surface area contributed by atoms with Gasteiger partial charge in [-0.25, -0.2) is 4.98 Å². The highest BCUT2D eigenvalue weighted by molar-refractivity contribution is 5.85. The maximum absolute atomic E-state index is 9.19. The van der Waals surface area contributed by atoms with Crippen LogP contribution in [0.25, 0.3) is 0 Å². The molecule has 1 saturated heterocycles. The minimum Gasteiger partial charge on any atom is -0.394 e. The van der Waals surface area contributed by atoms with Gasteiger partial charge < -0.3 is 15.3 Å². The molecule has 1 aromatic heterocycles. The first-order chi connectivity index (χ1) is 6.92. The second-order valence-corrected chi connectivity index (χ2v) is 3.30. The number of aromatic nitrogens is 2. The molecule has 0 spiro atoms. The predicted molar refractivity (Wildman–Crippen MR) is 67.6 cm³/mol. The van der Waals surface area contributed by atoms with Gasteiger partial charge in [0.2, 0.25) is 0 Å². The molecule has 0 aliphatic carbocycles. The number of anilines is 1. The normalized spacial score (nSPS) is 19.6. The number of piperazine rings is 1. The van der Waals surface area contributed by atoms with Crippen LogP contribution in [0.4, 0.5) is 5.82 Å². The van der Waals surface area contributed by atoms with Crippen LogP contribution in [-0.4, -0.2) is 47.4 Å². The lowest BCUT2D eigenvalue weighted by molar-refractivity contribution is 0.246. The third-order valence-corrected chi connectivity index (χ3v) is 2.40. The van der Waals surface area contributed by atoms with Crippen LogP contribution in [0.15, 0.2) is 18.6 Å². The highest BCUT2D eigenvalue weighted by Gasteiger charge is 2.22. The number of halogens is 2. The lowest BCUT2D eigenvalue weighted by Gasteiger charge is -2.35. The number of nitrogens with zero attached hydrogens (tertiary/aromatic N) is 3. The zero-order chi connectivity index (χ0) is 9.80. The summed E-state index contributed by atoms with van der Waals surface area (Å²) in [4.78, 5) is 10.3. The van der Waals surface area contributed by atoms with E-state index in [9.17, 15) is 5.11 Å². The summed E-state index contributed by atoms with van der Waals surface area (Å²) in [5.74, 6) is 0.841. The average Bonchev–Trinajstić information content (AvgIpc) is 2.30. The van der Waals surface area contributed by atoms with Gasteiger partial charge in [0.1, 0.15) is 5.82 Å². The second-order valence-electron chi connectivity index (χ2n) is 3.30. The number of aliphatic hydroxyl groups is 1. The summed E-state index contributed by atoms with van der Waals surface area (Å²) in [5, 5.41) is 12.4. The first-order valence-electron chi connectivity index (χ1n) is 4.76. The van der Waals surface area contributed by atoms with Crippen molar-refractivity contribution in [2.45, 2.75) is 6.04 Å². The van der Waals surface area contributed by atoms with E-state index in [1.54, 1.807) is 18.6 Å². The molecule has 2 N–H and O–H groups in total. The molecule has 2 heterocycles. The van der Waals surface area contributed by atoms with E-state index in [4.69, 9.17) is 0 Å². The lowest BCUT2D eigenvalue weighted by atomic mass is 10.2. The minimum absolute atomic E-state index is 0. The number of rotatable bonds is 2. The van der Waals surface area contributed by atoms with Gasteiger partial charge in [-0.3, -0.25) is 4.98 Å². The van der Waals surface area contributed by atoms with Gasteiger partial charge in [0, 0.05) is 32.0 Å². The van der Waals surface area contributed by atoms with Gasteiger partial charge in [-0.05, 0) is 0 Å². The fourth-order valence-electron chi connectivity index (χ4n) is 1.67. The smallest absolute Gasteiger partial charge is 0.147 e. The highest BCUT2D eigenvalue weighted by Crippen LogP contribution is 2.12. The van der Waals surface area contributed by atoms with Crippen molar-refractivity contribution in [1.82, 2.24) is 15.3 Å². The molecule has 0 radical (unpaired) electrons. The van der Waals surface area contributed by atoms with Crippen LogP contribution in [0.2, 0.25) is 0 Å². The van der Waals surface area contributed by atoms with Crippen molar-refractivity contribution in [2.75, 3.05) is 31.1 Å². The molecule has 0 saturated carbocycles. The van der Waals surface area contributed by atoms with Gasteiger partial charge in [-0.2, -0.15) is 0 Å². The summed E-state index contributed by atoms with van der Waals surface area (Å²) in [7, 11) is 0. The Labute approximate surface area is 107 Å². The van der Waals surface area contributed by atoms with Crippen molar-refractivity contribution in [1.29, 1.82) is 0 Å². The molecule has 0 bridgehead atoms. The molecule has 2 rings (SSSR count). The molecule has 92 valence electrons. The number of hydrogen-bond donors (Lipinski definition) is 2. The van der Waals surface area contributed by atoms with Crippen molar-refractivity contribution in [3.63, 3.8) is 0 Å². The Hall–Kier alpha value is -0.620. The summed E-state index contributed by atoms with van der Waals surface area (Å²) in [5.41, 5.74) is 0. The fourth-order valence-corrected chi connectivity index (χ4v) is 1.67. The Kier molecular flexibility index (Phi) is 7.33. The largest absolute Gasteiger partial charge is 0.394 e. The Morgan fingerprint density at radius 1 is 1.44 bits per heavy atom. The number of hydrogen-bond acceptors (Lipinski definition) is 5. The second kappa shape index (κ2) is 7.62. The van der Waals surface area contributed by atoms with Crippen LogP contribution >= 0.6 is 24.8 Å². The number of nitrogens with one attached hydrogen (secondary N) is 1. The molecule has 0 aromatic carbocycles. The van der Waals surface area contributed by atoms with E-state index in [2.05, 4.69) is 20.2 Å². The van der Waals surface area contributed by atoms with Crippen molar-refractivity contribution in [3.8, 4) is 0 Å². The fraction of sp³-hybridized carbons (Fsp3) is 0.556. The van der Waals surface area contributed by atoms with Crippen LogP contribution in [0, 0.1) is 0 Å². The van der Waals surface area contributed by atoms with Crippen molar-refractivity contribution in [2.24, 2.45) is 0 Å². The van der Waals surface area contributed by atoms with E-state index >= 15 is 0 Å². The van der Waals surface area contributed by atoms with Crippen LogP contribution in [0.1, 0.15) is 0 Å². The summed E-state index contributed by atoms with van der Waals surface area (Å²) in [6.07, 6.45) is 5.05. The molecule has 16 heavy (non-hydrogen) atoms. The van der Waals surface area contributed by atoms with Crippen molar-refractivity contribution in [3.05, 3.63) is 18.6 Å². The highest BCUT2D eigenvalue weighted by atomic mass is 35.5. The van der Waals surface area contributed by atoms with Crippen LogP contribution in [-0.2, 0) is 0 Å². The molecule has 7 heteroatoms. The molecular formula is C9H16Cl2N4O. The van der Waals surface area contributed by atoms with E-state index in [1.165, 1.54) is 0 Å². The Morgan fingerprint density at radius 3 is 2.88 bits per heavy atom. The molecule has 1 aromatic rings. The van der Waals surface area contributed by atoms with E-state index in [1.807, 2.05) is 0 Å². The Bertz CT molecular complexity index is 288. The van der Waals surface area contributed by atoms with E-state index in [0.29, 0.717) is 0 Å². The topological polar surface area (TPSA) is 61.3 Å². The molecule has 1 fully saturated rings. The Balaban J connectivity index is 0.00000112. The van der Waals surface area contributed by atoms with Gasteiger partial charge in [0.25, 0.3) is 0 Å². The molecule has 1 aliphatic rings. The summed E-state index contributed by atoms with van der Waals surface area (Å²) in [6, 6.07) is 0.112. The standard InChI is InChI=1S/C9H14N4O.2ClH/c14-7-8-5-11-3-4-13(8)9-6-10-1-2-12-9;;/h1-2,6,8,11,14H,3-5,7H2;2*1H. The van der Waals surface area contributed by atoms with Crippen molar-refractivity contribution < 1.29 is 5.11 Å². The van der Waals surface area contributed by atoms with Gasteiger partial charge >= 0.3 is 0 Å². The molecule has 0 amide bonds. The molecular weight excluding hydrogens is 251 g/mol. The van der Waals surface area contributed by atoms with Gasteiger partial charge in [0.15, 0.2) is 0 Å². The third-order valence-electron chi connectivity index (χ3n) is 2.40. The van der Waals surface area contributed by atoms with Gasteiger partial charge in [-0.15, -0.1) is 24.8 Å². The average molecular weight is 267 g/mol. The van der Waals surface area contributed by atoms with E-state index in [-0.39, 0.29) is 37.5 Å². The molecule has 1 unspecified atom stereocenters. The first kappa shape index (κ1) is 15.4. The zero-order valence-electron chi connectivity index (χ0n) is 8.74. The van der Waals surface area contributed by atoms with Crippen LogP contribution in [0.5, 0.6) is 0 Å². The number of aliphatic hydroxyl groups excluding tert-OH is 1. The molecule has 5 nitrogen and oxygen atoms in total. The summed E-state index contributed by atoms with van der Waals surface area (Å²) >= 11 is 0. The Morgan fingerprint density at radius 2 is 2.25 bits per heavy atom. The predicted octanol–water partition coefficient (Wildman–Crippen LogP) is 0.0907. The van der Waals surface area contributed by atoms with E-state index in [0.717, 1.165) is 25.5 Å². The molecule has 1 aliphatic heterocycles. The monoisotopic (exact) mass is 266 g/mol. The zero-order valence-corrected chi connectivity index (χ0v) is 10.4. The SMILES string of the molecule is Cl.Cl.OCC1CNCCN1c1cnccn1. The van der Waals surface area contributed by atoms with Crippen molar-refractivity contribution >= 4 is 30.6 Å². The maximum Gasteiger partial charge on any atom is 0.147 e.